The second-order valence-electron chi connectivity index (χ2n) is 6.60. The average Bonchev–Trinajstić information content (AvgIpc) is 2.24. The summed E-state index contributed by atoms with van der Waals surface area (Å²) < 4.78 is 0. The van der Waals surface area contributed by atoms with Crippen LogP contribution in [0, 0.1) is 5.92 Å². The highest BCUT2D eigenvalue weighted by molar-refractivity contribution is 4.95. The van der Waals surface area contributed by atoms with Gasteiger partial charge in [0, 0.05) is 30.7 Å². The molecular weight excluding hydrogens is 208 g/mol. The summed E-state index contributed by atoms with van der Waals surface area (Å²) in [6.45, 7) is 16.4. The van der Waals surface area contributed by atoms with Gasteiger partial charge in [-0.15, -0.1) is 0 Å². The number of nitrogens with one attached hydrogen (secondary N) is 1. The molecule has 0 aliphatic carbocycles. The molecule has 1 saturated heterocycles. The van der Waals surface area contributed by atoms with Crippen molar-refractivity contribution in [2.24, 2.45) is 5.92 Å². The van der Waals surface area contributed by atoms with Gasteiger partial charge in [-0.2, -0.15) is 0 Å². The highest BCUT2D eigenvalue weighted by Crippen LogP contribution is 2.25. The number of rotatable bonds is 5. The largest absolute Gasteiger partial charge is 0.309 e. The Labute approximate surface area is 108 Å². The molecule has 0 aromatic heterocycles. The zero-order valence-corrected chi connectivity index (χ0v) is 12.7. The minimum Gasteiger partial charge on any atom is -0.309 e. The summed E-state index contributed by atoms with van der Waals surface area (Å²) in [7, 11) is 0. The van der Waals surface area contributed by atoms with Crippen LogP contribution in [-0.2, 0) is 0 Å². The molecule has 1 aliphatic heterocycles. The molecule has 1 heterocycles. The molecular formula is C15H32N2. The van der Waals surface area contributed by atoms with E-state index in [4.69, 9.17) is 0 Å². The SMILES string of the molecule is CCCC(CC)N1CC(C)(C)NCC1C(C)C. The van der Waals surface area contributed by atoms with Crippen molar-refractivity contribution in [3.63, 3.8) is 0 Å². The molecule has 0 spiro atoms. The van der Waals surface area contributed by atoms with Gasteiger partial charge in [0.25, 0.3) is 0 Å². The van der Waals surface area contributed by atoms with Gasteiger partial charge in [-0.05, 0) is 32.6 Å². The molecule has 1 aliphatic rings. The van der Waals surface area contributed by atoms with Crippen molar-refractivity contribution in [2.45, 2.75) is 78.4 Å². The van der Waals surface area contributed by atoms with E-state index >= 15 is 0 Å². The van der Waals surface area contributed by atoms with Crippen LogP contribution in [0.3, 0.4) is 0 Å². The summed E-state index contributed by atoms with van der Waals surface area (Å²) in [5.74, 6) is 0.740. The number of hydrogen-bond donors (Lipinski definition) is 1. The van der Waals surface area contributed by atoms with Crippen LogP contribution in [-0.4, -0.2) is 35.6 Å². The molecule has 2 unspecified atom stereocenters. The first kappa shape index (κ1) is 15.0. The molecule has 0 aromatic carbocycles. The van der Waals surface area contributed by atoms with E-state index in [1.165, 1.54) is 25.8 Å². The standard InChI is InChI=1S/C15H32N2/c1-7-9-13(8-2)17-11-15(5,6)16-10-14(17)12(3)4/h12-14,16H,7-11H2,1-6H3. The molecule has 0 radical (unpaired) electrons. The molecule has 2 heteroatoms. The summed E-state index contributed by atoms with van der Waals surface area (Å²) in [6.07, 6.45) is 3.93. The van der Waals surface area contributed by atoms with Gasteiger partial charge in [-0.25, -0.2) is 0 Å². The lowest BCUT2D eigenvalue weighted by molar-refractivity contribution is 0.0266. The summed E-state index contributed by atoms with van der Waals surface area (Å²) in [6, 6.07) is 1.48. The predicted octanol–water partition coefficient (Wildman–Crippen LogP) is 3.27. The van der Waals surface area contributed by atoms with Crippen molar-refractivity contribution in [3.8, 4) is 0 Å². The Morgan fingerprint density at radius 2 is 1.94 bits per heavy atom. The van der Waals surface area contributed by atoms with Crippen LogP contribution in [0.4, 0.5) is 0 Å². The molecule has 17 heavy (non-hydrogen) atoms. The van der Waals surface area contributed by atoms with Gasteiger partial charge < -0.3 is 5.32 Å². The number of hydrogen-bond acceptors (Lipinski definition) is 2. The van der Waals surface area contributed by atoms with Gasteiger partial charge in [-0.3, -0.25) is 4.90 Å². The molecule has 0 bridgehead atoms. The van der Waals surface area contributed by atoms with E-state index < -0.39 is 0 Å². The lowest BCUT2D eigenvalue weighted by atomic mass is 9.90. The van der Waals surface area contributed by atoms with Crippen LogP contribution < -0.4 is 5.32 Å². The molecule has 0 aromatic rings. The molecule has 2 nitrogen and oxygen atoms in total. The normalized spacial score (nSPS) is 27.4. The third kappa shape index (κ3) is 3.96. The highest BCUT2D eigenvalue weighted by Gasteiger charge is 2.36. The number of nitrogens with zero attached hydrogens (tertiary/aromatic N) is 1. The quantitative estimate of drug-likeness (QED) is 0.793. The van der Waals surface area contributed by atoms with Crippen molar-refractivity contribution >= 4 is 0 Å². The van der Waals surface area contributed by atoms with Crippen LogP contribution in [0.2, 0.25) is 0 Å². The topological polar surface area (TPSA) is 15.3 Å². The van der Waals surface area contributed by atoms with E-state index in [1.807, 2.05) is 0 Å². The fourth-order valence-electron chi connectivity index (χ4n) is 3.08. The van der Waals surface area contributed by atoms with Gasteiger partial charge in [0.05, 0.1) is 0 Å². The molecule has 2 atom stereocenters. The van der Waals surface area contributed by atoms with Crippen molar-refractivity contribution in [1.82, 2.24) is 10.2 Å². The summed E-state index contributed by atoms with van der Waals surface area (Å²) in [4.78, 5) is 2.78. The van der Waals surface area contributed by atoms with Crippen molar-refractivity contribution in [2.75, 3.05) is 13.1 Å². The summed E-state index contributed by atoms with van der Waals surface area (Å²) in [5.41, 5.74) is 0.270. The van der Waals surface area contributed by atoms with E-state index in [-0.39, 0.29) is 5.54 Å². The van der Waals surface area contributed by atoms with Gasteiger partial charge in [0.15, 0.2) is 0 Å². The summed E-state index contributed by atoms with van der Waals surface area (Å²) in [5, 5.41) is 3.70. The third-order valence-electron chi connectivity index (χ3n) is 4.13. The van der Waals surface area contributed by atoms with Gasteiger partial charge in [-0.1, -0.05) is 34.1 Å². The minimum absolute atomic E-state index is 0.270. The van der Waals surface area contributed by atoms with Crippen molar-refractivity contribution in [3.05, 3.63) is 0 Å². The van der Waals surface area contributed by atoms with Crippen molar-refractivity contribution < 1.29 is 0 Å². The Balaban J connectivity index is 2.78. The smallest absolute Gasteiger partial charge is 0.0253 e. The van der Waals surface area contributed by atoms with Crippen LogP contribution >= 0.6 is 0 Å². The van der Waals surface area contributed by atoms with E-state index in [2.05, 4.69) is 51.8 Å². The Hall–Kier alpha value is -0.0800. The fraction of sp³-hybridized carbons (Fsp3) is 1.00. The van der Waals surface area contributed by atoms with Crippen molar-refractivity contribution in [1.29, 1.82) is 0 Å². The first-order valence-corrected chi connectivity index (χ1v) is 7.42. The monoisotopic (exact) mass is 240 g/mol. The number of piperazine rings is 1. The highest BCUT2D eigenvalue weighted by atomic mass is 15.3. The Bertz CT molecular complexity index is 223. The molecule has 102 valence electrons. The second-order valence-corrected chi connectivity index (χ2v) is 6.60. The lowest BCUT2D eigenvalue weighted by Crippen LogP contribution is -2.65. The minimum atomic E-state index is 0.270. The summed E-state index contributed by atoms with van der Waals surface area (Å²) >= 11 is 0. The van der Waals surface area contributed by atoms with Gasteiger partial charge in [0.2, 0.25) is 0 Å². The molecule has 0 saturated carbocycles. The third-order valence-corrected chi connectivity index (χ3v) is 4.13. The van der Waals surface area contributed by atoms with Gasteiger partial charge in [0.1, 0.15) is 0 Å². The maximum absolute atomic E-state index is 3.70. The first-order chi connectivity index (χ1) is 7.91. The predicted molar refractivity (Wildman–Crippen MR) is 76.4 cm³/mol. The van der Waals surface area contributed by atoms with Crippen LogP contribution in [0.1, 0.15) is 60.8 Å². The Kier molecular flexibility index (Phi) is 5.46. The average molecular weight is 240 g/mol. The van der Waals surface area contributed by atoms with Crippen LogP contribution in [0.25, 0.3) is 0 Å². The first-order valence-electron chi connectivity index (χ1n) is 7.42. The van der Waals surface area contributed by atoms with Gasteiger partial charge >= 0.3 is 0 Å². The molecule has 1 fully saturated rings. The van der Waals surface area contributed by atoms with E-state index in [9.17, 15) is 0 Å². The fourth-order valence-corrected chi connectivity index (χ4v) is 3.08. The Morgan fingerprint density at radius 1 is 1.29 bits per heavy atom. The second kappa shape index (κ2) is 6.19. The zero-order chi connectivity index (χ0) is 13.1. The molecule has 0 amide bonds. The zero-order valence-electron chi connectivity index (χ0n) is 12.7. The molecule has 1 N–H and O–H groups in total. The van der Waals surface area contributed by atoms with E-state index in [0.717, 1.165) is 18.5 Å². The maximum Gasteiger partial charge on any atom is 0.0253 e. The van der Waals surface area contributed by atoms with Crippen LogP contribution in [0.15, 0.2) is 0 Å². The maximum atomic E-state index is 3.70. The Morgan fingerprint density at radius 3 is 2.41 bits per heavy atom. The molecule has 1 rings (SSSR count). The van der Waals surface area contributed by atoms with E-state index in [1.54, 1.807) is 0 Å². The van der Waals surface area contributed by atoms with E-state index in [0.29, 0.717) is 6.04 Å². The lowest BCUT2D eigenvalue weighted by Gasteiger charge is -2.49. The van der Waals surface area contributed by atoms with Crippen LogP contribution in [0.5, 0.6) is 0 Å².